The maximum Gasteiger partial charge on any atom is 0.237 e. The second kappa shape index (κ2) is 30.4. The Labute approximate surface area is 672 Å². The summed E-state index contributed by atoms with van der Waals surface area (Å²) in [6.45, 7) is 22.5. The third-order valence-corrected chi connectivity index (χ3v) is 26.1. The molecule has 3 spiro atoms. The van der Waals surface area contributed by atoms with Crippen molar-refractivity contribution < 1.29 is 52.2 Å². The molecule has 6 heterocycles. The van der Waals surface area contributed by atoms with E-state index in [9.17, 15) is 43.4 Å². The van der Waals surface area contributed by atoms with Crippen LogP contribution in [0, 0.1) is 51.5 Å². The van der Waals surface area contributed by atoms with Crippen molar-refractivity contribution in [3.05, 3.63) is 190 Å². The topological polar surface area (TPSA) is 215 Å². The molecular formula is C87H99Cl6F3N6O8. The first-order chi connectivity index (χ1) is 51.4. The molecule has 8 N–H and O–H groups in total. The van der Waals surface area contributed by atoms with Crippen LogP contribution < -0.4 is 31.9 Å². The van der Waals surface area contributed by atoms with E-state index in [4.69, 9.17) is 69.6 Å². The second-order valence-electron chi connectivity index (χ2n) is 37.0. The second-order valence-corrected chi connectivity index (χ2v) is 39.6. The van der Waals surface area contributed by atoms with Gasteiger partial charge in [-0.25, -0.2) is 13.2 Å². The van der Waals surface area contributed by atoms with E-state index in [1.807, 2.05) is 25.1 Å². The molecule has 6 fully saturated rings. The Morgan fingerprint density at radius 3 is 1.13 bits per heavy atom. The first-order valence-corrected chi connectivity index (χ1v) is 40.7. The molecule has 0 radical (unpaired) electrons. The molecule has 3 saturated carbocycles. The lowest BCUT2D eigenvalue weighted by atomic mass is 9.61. The molecule has 15 rings (SSSR count). The van der Waals surface area contributed by atoms with Crippen molar-refractivity contribution in [3.8, 4) is 0 Å². The summed E-state index contributed by atoms with van der Waals surface area (Å²) in [6, 6.07) is 26.4. The molecule has 23 heteroatoms. The number of aliphatic hydroxyl groups is 2. The average Bonchev–Trinajstić information content (AvgIpc) is 1.54. The van der Waals surface area contributed by atoms with Crippen LogP contribution in [0.4, 0.5) is 30.2 Å². The first kappa shape index (κ1) is 82.1. The highest BCUT2D eigenvalue weighted by Crippen LogP contribution is 2.62. The minimum Gasteiger partial charge on any atom is -0.390 e. The van der Waals surface area contributed by atoms with Crippen LogP contribution >= 0.6 is 69.6 Å². The van der Waals surface area contributed by atoms with E-state index >= 15 is 8.78 Å². The number of carbonyl (C=O) groups is 6. The van der Waals surface area contributed by atoms with E-state index in [0.29, 0.717) is 113 Å². The monoisotopic (exact) mass is 1620 g/mol. The molecule has 0 bridgehead atoms. The van der Waals surface area contributed by atoms with Crippen LogP contribution in [-0.4, -0.2) is 92.7 Å². The highest BCUT2D eigenvalue weighted by Gasteiger charge is 2.69. The number of benzene rings is 6. The lowest BCUT2D eigenvalue weighted by Crippen LogP contribution is -2.49. The molecule has 14 nitrogen and oxygen atoms in total. The van der Waals surface area contributed by atoms with Crippen LogP contribution in [0.5, 0.6) is 0 Å². The number of hydrogen-bond acceptors (Lipinski definition) is 11. The number of anilines is 3. The normalized spacial score (nSPS) is 31.3. The fraction of sp³-hybridized carbons (Fsp3) is 0.517. The number of fused-ring (bicyclic) bond motifs is 6. The van der Waals surface area contributed by atoms with Crippen LogP contribution in [0.2, 0.25) is 30.1 Å². The molecular weight excluding hydrogens is 1530 g/mol. The van der Waals surface area contributed by atoms with Gasteiger partial charge in [-0.3, -0.25) is 28.8 Å². The molecule has 9 aliphatic rings. The maximum absolute atomic E-state index is 15.9. The van der Waals surface area contributed by atoms with Crippen LogP contribution in [0.1, 0.15) is 217 Å². The van der Waals surface area contributed by atoms with E-state index in [1.54, 1.807) is 73.7 Å². The molecule has 6 aliphatic heterocycles. The summed E-state index contributed by atoms with van der Waals surface area (Å²) in [5.74, 6) is -4.19. The van der Waals surface area contributed by atoms with Gasteiger partial charge in [-0.15, -0.1) is 0 Å². The van der Waals surface area contributed by atoms with Crippen molar-refractivity contribution in [3.63, 3.8) is 0 Å². The smallest absolute Gasteiger partial charge is 0.237 e. The zero-order valence-corrected chi connectivity index (χ0v) is 68.5. The molecule has 3 aliphatic carbocycles. The van der Waals surface area contributed by atoms with Gasteiger partial charge in [0.2, 0.25) is 17.7 Å². The quantitative estimate of drug-likeness (QED) is 0.0484. The number of Topliss-reactive ketones (excluding diaryl/α,β-unsaturated/α-hetero) is 3. The highest BCUT2D eigenvalue weighted by atomic mass is 35.5. The molecule has 110 heavy (non-hydrogen) atoms. The Morgan fingerprint density at radius 2 is 0.782 bits per heavy atom. The van der Waals surface area contributed by atoms with E-state index in [0.717, 1.165) is 36.8 Å². The van der Waals surface area contributed by atoms with Gasteiger partial charge in [0.1, 0.15) is 33.7 Å². The summed E-state index contributed by atoms with van der Waals surface area (Å²) < 4.78 is 46.2. The van der Waals surface area contributed by atoms with Gasteiger partial charge in [-0.2, -0.15) is 0 Å². The van der Waals surface area contributed by atoms with Gasteiger partial charge in [-0.1, -0.05) is 174 Å². The number of nitrogens with one attached hydrogen (secondary N) is 6. The van der Waals surface area contributed by atoms with Gasteiger partial charge in [0.15, 0.2) is 17.3 Å². The van der Waals surface area contributed by atoms with Gasteiger partial charge < -0.3 is 42.1 Å². The van der Waals surface area contributed by atoms with Crippen LogP contribution in [-0.2, 0) is 45.0 Å². The van der Waals surface area contributed by atoms with Crippen LogP contribution in [0.15, 0.2) is 109 Å². The Kier molecular flexibility index (Phi) is 22.6. The summed E-state index contributed by atoms with van der Waals surface area (Å²) in [5, 5.41) is 41.9. The van der Waals surface area contributed by atoms with Gasteiger partial charge in [0.05, 0.1) is 39.4 Å². The third kappa shape index (κ3) is 15.8. The largest absolute Gasteiger partial charge is 0.390 e. The summed E-state index contributed by atoms with van der Waals surface area (Å²) in [5.41, 5.74) is -0.478. The SMILES string of the molecule is CC(C)(C)C[C@H]1N[C@@H](C(=O)CC2CC(C)(O)C2)[C@H](c2cc(F)cc(Cl)c2)[C@@]12C(=O)Nc1cc(Cl)ccc12.CC(C)(C)C[C@H]1N[C@@H](C(=O)CC2CC2)[C@H](c2cccc(Cl)c2F)[C@@]12C(=O)Nc1cc(Cl)ccc12.CC(C)(C)C[C@H]1N[C@@H](C(=O)CC2CCC(C)(O)CC2)[C@H](c2cccc(Cl)c2F)[C@@]12C(=O)Nc1cc(Cl)ccc12. The molecule has 0 aromatic heterocycles. The number of hydrogen-bond donors (Lipinski definition) is 8. The fourth-order valence-corrected chi connectivity index (χ4v) is 21.1. The summed E-state index contributed by atoms with van der Waals surface area (Å²) in [7, 11) is 0. The molecule has 588 valence electrons. The average molecular weight is 1630 g/mol. The Hall–Kier alpha value is -5.93. The number of amides is 3. The van der Waals surface area contributed by atoms with E-state index in [2.05, 4.69) is 94.2 Å². The number of ketones is 3. The summed E-state index contributed by atoms with van der Waals surface area (Å²) >= 11 is 37.6. The fourth-order valence-electron chi connectivity index (χ4n) is 20.0. The van der Waals surface area contributed by atoms with Crippen molar-refractivity contribution in [2.75, 3.05) is 16.0 Å². The van der Waals surface area contributed by atoms with E-state index < -0.39 is 92.9 Å². The number of halogens is 9. The Bertz CT molecular complexity index is 4630. The van der Waals surface area contributed by atoms with Crippen molar-refractivity contribution in [2.24, 2.45) is 34.0 Å². The summed E-state index contributed by atoms with van der Waals surface area (Å²) in [6.07, 6.45) is 8.78. The minimum absolute atomic E-state index is 0.0185. The van der Waals surface area contributed by atoms with Crippen molar-refractivity contribution in [1.29, 1.82) is 0 Å². The lowest BCUT2D eigenvalue weighted by Gasteiger charge is -2.41. The highest BCUT2D eigenvalue weighted by molar-refractivity contribution is 6.33. The molecule has 12 atom stereocenters. The zero-order valence-electron chi connectivity index (χ0n) is 64.0. The summed E-state index contributed by atoms with van der Waals surface area (Å²) in [4.78, 5) is 84.0. The van der Waals surface area contributed by atoms with Crippen molar-refractivity contribution in [1.82, 2.24) is 16.0 Å². The lowest BCUT2D eigenvalue weighted by molar-refractivity contribution is -0.127. The first-order valence-electron chi connectivity index (χ1n) is 38.4. The van der Waals surface area contributed by atoms with Crippen molar-refractivity contribution >= 4 is 122 Å². The van der Waals surface area contributed by atoms with Gasteiger partial charge in [0, 0.05) is 92.3 Å². The third-order valence-electron chi connectivity index (χ3n) is 24.6. The molecule has 3 saturated heterocycles. The molecule has 6 aromatic carbocycles. The Morgan fingerprint density at radius 1 is 0.436 bits per heavy atom. The van der Waals surface area contributed by atoms with Gasteiger partial charge in [-0.05, 0) is 219 Å². The molecule has 0 unspecified atom stereocenters. The van der Waals surface area contributed by atoms with E-state index in [1.165, 1.54) is 24.3 Å². The standard InChI is InChI=1S/C31H37Cl2FN2O3.C29H33Cl2FN2O3.C27H29Cl2FN2O2/c1-29(2,3)16-24-31(20-9-8-18(32)15-22(20)35-28(31)38)25(19-6-5-7-21(33)26(19)34)27(36-24)23(37)14-17-10-12-30(4,39)13-11-17;1-27(2,3)14-23-29(20-6-5-17(30)11-21(20)33-26(29)36)24(16-8-18(31)10-19(32)9-16)25(34-23)22(35)7-15-12-28(4,37)13-15;1-26(2,3)13-21-27(17-10-9-15(28)12-19(17)31-25(27)34)22(16-5-4-6-18(29)23(16)30)24(32-21)20(33)11-14-7-8-14/h5-9,15,17,24-25,27,36,39H,10-14,16H2,1-4H3,(H,35,38);5-6,8-11,15,23-25,34,37H,7,12-14H2,1-4H3,(H,33,36);4-6,9-10,12,14,21-22,24,32H,7-8,11,13H2,1-3H3,(H,31,34)/t17?,24-,25+,27+,30?,31+;15?,23-,24+,25+,28?,29+;21-,22+,24+,27+/m111/s1. The Balaban J connectivity index is 0.000000145. The van der Waals surface area contributed by atoms with Gasteiger partial charge >= 0.3 is 0 Å². The van der Waals surface area contributed by atoms with Crippen LogP contribution in [0.3, 0.4) is 0 Å². The molecule has 6 aromatic rings. The van der Waals surface area contributed by atoms with E-state index in [-0.39, 0.29) is 96.2 Å². The number of rotatable bonds is 15. The van der Waals surface area contributed by atoms with Crippen LogP contribution in [0.25, 0.3) is 0 Å². The number of carbonyl (C=O) groups excluding carboxylic acids is 6. The predicted molar refractivity (Wildman–Crippen MR) is 430 cm³/mol. The maximum atomic E-state index is 15.9. The molecule has 3 amide bonds. The predicted octanol–water partition coefficient (Wildman–Crippen LogP) is 19.0. The van der Waals surface area contributed by atoms with Crippen molar-refractivity contribution in [2.45, 2.75) is 248 Å². The minimum atomic E-state index is -1.24. The zero-order chi connectivity index (χ0) is 79.7. The van der Waals surface area contributed by atoms with Gasteiger partial charge in [0.25, 0.3) is 0 Å².